The number of ketones is 1. The lowest BCUT2D eigenvalue weighted by molar-refractivity contribution is 0.0483. The Kier molecular flexibility index (Phi) is 5.06. The van der Waals surface area contributed by atoms with Crippen LogP contribution in [-0.2, 0) is 6.42 Å². The van der Waals surface area contributed by atoms with E-state index in [0.29, 0.717) is 24.2 Å². The lowest BCUT2D eigenvalue weighted by atomic mass is 9.93. The number of aryl methyl sites for hydroxylation is 1. The highest BCUT2D eigenvalue weighted by atomic mass is 16.3. The molecule has 2 atom stereocenters. The second-order valence-electron chi connectivity index (χ2n) is 6.32. The van der Waals surface area contributed by atoms with Gasteiger partial charge in [-0.05, 0) is 51.5 Å². The van der Waals surface area contributed by atoms with Gasteiger partial charge in [0.05, 0.1) is 0 Å². The highest BCUT2D eigenvalue weighted by Crippen LogP contribution is 2.26. The van der Waals surface area contributed by atoms with Gasteiger partial charge in [-0.3, -0.25) is 9.59 Å². The number of hydrogen-bond donors (Lipinski definition) is 2. The molecule has 1 saturated heterocycles. The summed E-state index contributed by atoms with van der Waals surface area (Å²) in [6.07, 6.45) is 2.49. The molecule has 2 rings (SSSR count). The van der Waals surface area contributed by atoms with E-state index >= 15 is 0 Å². The van der Waals surface area contributed by atoms with Crippen LogP contribution in [0.3, 0.4) is 0 Å². The normalized spacial score (nSPS) is 22.0. The van der Waals surface area contributed by atoms with Gasteiger partial charge in [0.2, 0.25) is 0 Å². The van der Waals surface area contributed by atoms with Gasteiger partial charge in [-0.1, -0.05) is 6.92 Å². The summed E-state index contributed by atoms with van der Waals surface area (Å²) < 4.78 is 0. The van der Waals surface area contributed by atoms with Gasteiger partial charge in [0.15, 0.2) is 5.78 Å². The van der Waals surface area contributed by atoms with Crippen molar-refractivity contribution in [3.05, 3.63) is 22.5 Å². The minimum absolute atomic E-state index is 0.00965. The lowest BCUT2D eigenvalue weighted by Crippen LogP contribution is -2.46. The van der Waals surface area contributed by atoms with Crippen molar-refractivity contribution in [2.45, 2.75) is 53.0 Å². The van der Waals surface area contributed by atoms with Crippen LogP contribution in [0.1, 0.15) is 65.7 Å². The molecule has 1 fully saturated rings. The van der Waals surface area contributed by atoms with E-state index in [9.17, 15) is 14.7 Å². The predicted octanol–water partition coefficient (Wildman–Crippen LogP) is 2.32. The number of aromatic nitrogens is 1. The predicted molar refractivity (Wildman–Crippen MR) is 85.2 cm³/mol. The number of rotatable bonds is 4. The number of nitrogens with one attached hydrogen (secondary N) is 1. The number of Topliss-reactive ketones (excluding diaryl/α,β-unsaturated/α-hetero) is 1. The molecule has 2 unspecified atom stereocenters. The van der Waals surface area contributed by atoms with Crippen LogP contribution in [0.15, 0.2) is 0 Å². The summed E-state index contributed by atoms with van der Waals surface area (Å²) in [4.78, 5) is 29.7. The molecule has 2 heterocycles. The molecule has 122 valence electrons. The Morgan fingerprint density at radius 2 is 2.05 bits per heavy atom. The molecule has 0 aliphatic carbocycles. The van der Waals surface area contributed by atoms with Gasteiger partial charge in [0, 0.05) is 30.5 Å². The van der Waals surface area contributed by atoms with E-state index in [-0.39, 0.29) is 30.3 Å². The first-order valence-electron chi connectivity index (χ1n) is 8.04. The minimum Gasteiger partial charge on any atom is -0.396 e. The first-order chi connectivity index (χ1) is 10.4. The van der Waals surface area contributed by atoms with Gasteiger partial charge in [-0.15, -0.1) is 0 Å². The zero-order chi connectivity index (χ0) is 16.4. The maximum atomic E-state index is 12.9. The fraction of sp³-hybridized carbons (Fsp3) is 0.647. The zero-order valence-electron chi connectivity index (χ0n) is 13.9. The number of aliphatic hydroxyl groups is 1. The number of aromatic amines is 1. The number of piperidine rings is 1. The van der Waals surface area contributed by atoms with Crippen LogP contribution >= 0.6 is 0 Å². The number of aliphatic hydroxyl groups excluding tert-OH is 1. The third-order valence-electron chi connectivity index (χ3n) is 4.71. The molecule has 5 nitrogen and oxygen atoms in total. The second kappa shape index (κ2) is 6.65. The van der Waals surface area contributed by atoms with Gasteiger partial charge in [0.25, 0.3) is 5.91 Å². The van der Waals surface area contributed by atoms with Crippen LogP contribution in [0, 0.1) is 12.8 Å². The quantitative estimate of drug-likeness (QED) is 0.838. The van der Waals surface area contributed by atoms with Crippen molar-refractivity contribution in [3.63, 3.8) is 0 Å². The number of carbonyl (C=O) groups excluding carboxylic acids is 2. The summed E-state index contributed by atoms with van der Waals surface area (Å²) in [5, 5.41) is 9.38. The fourth-order valence-corrected chi connectivity index (χ4v) is 3.45. The van der Waals surface area contributed by atoms with E-state index in [4.69, 9.17) is 0 Å². The van der Waals surface area contributed by atoms with Crippen LogP contribution in [0.2, 0.25) is 0 Å². The average Bonchev–Trinajstić information content (AvgIpc) is 2.83. The van der Waals surface area contributed by atoms with Crippen molar-refractivity contribution < 1.29 is 14.7 Å². The lowest BCUT2D eigenvalue weighted by Gasteiger charge is -2.37. The van der Waals surface area contributed by atoms with Crippen LogP contribution < -0.4 is 0 Å². The number of carbonyl (C=O) groups is 2. The van der Waals surface area contributed by atoms with Crippen molar-refractivity contribution in [1.29, 1.82) is 0 Å². The van der Waals surface area contributed by atoms with Crippen molar-refractivity contribution in [2.24, 2.45) is 5.92 Å². The third kappa shape index (κ3) is 2.95. The number of nitrogens with zero attached hydrogens (tertiary/aromatic N) is 1. The fourth-order valence-electron chi connectivity index (χ4n) is 3.45. The standard InChI is InChI=1S/C17H26N2O3/c1-5-14-15(12(4)21)11(3)18-16(14)17(22)19-8-13(9-20)7-6-10(19)2/h10,13,18,20H,5-9H2,1-4H3. The third-order valence-corrected chi connectivity index (χ3v) is 4.71. The maximum absolute atomic E-state index is 12.9. The van der Waals surface area contributed by atoms with Gasteiger partial charge in [0.1, 0.15) is 5.69 Å². The Morgan fingerprint density at radius 3 is 2.59 bits per heavy atom. The van der Waals surface area contributed by atoms with Crippen molar-refractivity contribution in [3.8, 4) is 0 Å². The van der Waals surface area contributed by atoms with E-state index in [1.54, 1.807) is 0 Å². The highest BCUT2D eigenvalue weighted by Gasteiger charge is 2.32. The Bertz CT molecular complexity index is 577. The van der Waals surface area contributed by atoms with Crippen LogP contribution in [-0.4, -0.2) is 45.9 Å². The first kappa shape index (κ1) is 16.7. The first-order valence-corrected chi connectivity index (χ1v) is 8.04. The topological polar surface area (TPSA) is 73.4 Å². The van der Waals surface area contributed by atoms with Crippen molar-refractivity contribution >= 4 is 11.7 Å². The van der Waals surface area contributed by atoms with E-state index in [0.717, 1.165) is 24.1 Å². The molecule has 1 aliphatic heterocycles. The summed E-state index contributed by atoms with van der Waals surface area (Å²) in [6, 6.07) is 0.157. The van der Waals surface area contributed by atoms with E-state index < -0.39 is 0 Å². The molecule has 1 aromatic rings. The van der Waals surface area contributed by atoms with Gasteiger partial charge >= 0.3 is 0 Å². The molecule has 1 aliphatic rings. The summed E-state index contributed by atoms with van der Waals surface area (Å²) in [6.45, 7) is 8.06. The Morgan fingerprint density at radius 1 is 1.36 bits per heavy atom. The smallest absolute Gasteiger partial charge is 0.270 e. The molecule has 1 amide bonds. The van der Waals surface area contributed by atoms with Gasteiger partial charge in [-0.2, -0.15) is 0 Å². The summed E-state index contributed by atoms with van der Waals surface area (Å²) in [5.41, 5.74) is 2.76. The van der Waals surface area contributed by atoms with Crippen LogP contribution in [0.5, 0.6) is 0 Å². The molecule has 0 radical (unpaired) electrons. The number of hydrogen-bond acceptors (Lipinski definition) is 3. The average molecular weight is 306 g/mol. The molecule has 2 N–H and O–H groups in total. The largest absolute Gasteiger partial charge is 0.396 e. The SMILES string of the molecule is CCc1c(C(=O)N2CC(CO)CCC2C)[nH]c(C)c1C(C)=O. The number of H-pyrrole nitrogens is 1. The molecule has 22 heavy (non-hydrogen) atoms. The molecular formula is C17H26N2O3. The Balaban J connectivity index is 2.36. The Labute approximate surface area is 131 Å². The molecule has 1 aromatic heterocycles. The highest BCUT2D eigenvalue weighted by molar-refractivity contribution is 6.02. The minimum atomic E-state index is -0.0573. The summed E-state index contributed by atoms with van der Waals surface area (Å²) in [5.74, 6) is 0.0799. The van der Waals surface area contributed by atoms with Crippen LogP contribution in [0.4, 0.5) is 0 Å². The Hall–Kier alpha value is -1.62. The molecule has 5 heteroatoms. The van der Waals surface area contributed by atoms with E-state index in [1.807, 2.05) is 25.7 Å². The summed E-state index contributed by atoms with van der Waals surface area (Å²) >= 11 is 0. The molecule has 0 spiro atoms. The van der Waals surface area contributed by atoms with Crippen LogP contribution in [0.25, 0.3) is 0 Å². The molecule has 0 saturated carbocycles. The van der Waals surface area contributed by atoms with Crippen molar-refractivity contribution in [1.82, 2.24) is 9.88 Å². The number of amides is 1. The van der Waals surface area contributed by atoms with E-state index in [1.165, 1.54) is 6.92 Å². The second-order valence-corrected chi connectivity index (χ2v) is 6.32. The maximum Gasteiger partial charge on any atom is 0.270 e. The van der Waals surface area contributed by atoms with E-state index in [2.05, 4.69) is 4.98 Å². The molecule has 0 aromatic carbocycles. The number of likely N-dealkylation sites (tertiary alicyclic amines) is 1. The van der Waals surface area contributed by atoms with Gasteiger partial charge in [-0.25, -0.2) is 0 Å². The molecular weight excluding hydrogens is 280 g/mol. The zero-order valence-corrected chi connectivity index (χ0v) is 13.9. The summed E-state index contributed by atoms with van der Waals surface area (Å²) in [7, 11) is 0. The van der Waals surface area contributed by atoms with Gasteiger partial charge < -0.3 is 15.0 Å². The molecule has 0 bridgehead atoms. The van der Waals surface area contributed by atoms with Crippen molar-refractivity contribution in [2.75, 3.05) is 13.2 Å². The monoisotopic (exact) mass is 306 g/mol.